The van der Waals surface area contributed by atoms with Crippen LogP contribution < -0.4 is 5.32 Å². The van der Waals surface area contributed by atoms with E-state index in [4.69, 9.17) is 4.52 Å². The molecule has 1 aromatic carbocycles. The van der Waals surface area contributed by atoms with Crippen molar-refractivity contribution in [2.24, 2.45) is 0 Å². The third-order valence-electron chi connectivity index (χ3n) is 4.79. The number of hydrogen-bond acceptors (Lipinski definition) is 6. The molecule has 0 aliphatic heterocycles. The van der Waals surface area contributed by atoms with E-state index in [2.05, 4.69) is 63.5 Å². The van der Waals surface area contributed by atoms with E-state index in [9.17, 15) is 4.79 Å². The Morgan fingerprint density at radius 2 is 1.72 bits per heavy atom. The van der Waals surface area contributed by atoms with Crippen molar-refractivity contribution in [2.75, 3.05) is 13.1 Å². The van der Waals surface area contributed by atoms with Crippen molar-refractivity contribution in [3.63, 3.8) is 0 Å². The molecular weight excluding hydrogens is 366 g/mol. The highest BCUT2D eigenvalue weighted by Crippen LogP contribution is 2.14. The number of aryl methyl sites for hydroxylation is 1. The van der Waals surface area contributed by atoms with Gasteiger partial charge in [0.05, 0.1) is 0 Å². The van der Waals surface area contributed by atoms with Crippen LogP contribution in [-0.4, -0.2) is 39.0 Å². The molecule has 2 heterocycles. The number of nitrogens with one attached hydrogen (secondary N) is 1. The number of amides is 1. The summed E-state index contributed by atoms with van der Waals surface area (Å²) in [5, 5.41) is 6.89. The molecule has 1 N–H and O–H groups in total. The molecule has 0 saturated carbocycles. The molecule has 0 unspecified atom stereocenters. The van der Waals surface area contributed by atoms with Gasteiger partial charge in [0.25, 0.3) is 0 Å². The van der Waals surface area contributed by atoms with Gasteiger partial charge in [-0.3, -0.25) is 14.7 Å². The Hall–Kier alpha value is -3.06. The van der Waals surface area contributed by atoms with Crippen LogP contribution in [0.1, 0.15) is 37.3 Å². The van der Waals surface area contributed by atoms with Crippen LogP contribution in [0.5, 0.6) is 0 Å². The summed E-state index contributed by atoms with van der Waals surface area (Å²) in [6.45, 7) is 7.88. The molecule has 152 valence electrons. The van der Waals surface area contributed by atoms with Crippen molar-refractivity contribution in [1.29, 1.82) is 0 Å². The lowest BCUT2D eigenvalue weighted by Gasteiger charge is -2.18. The number of hydrogen-bond donors (Lipinski definition) is 1. The van der Waals surface area contributed by atoms with E-state index in [1.807, 2.05) is 12.1 Å². The van der Waals surface area contributed by atoms with Crippen molar-refractivity contribution >= 4 is 5.91 Å². The molecule has 0 aliphatic carbocycles. The van der Waals surface area contributed by atoms with Gasteiger partial charge in [0.2, 0.25) is 17.6 Å². The average molecular weight is 393 g/mol. The van der Waals surface area contributed by atoms with Crippen molar-refractivity contribution < 1.29 is 9.32 Å². The molecular formula is C22H27N5O2. The number of carbonyl (C=O) groups is 1. The standard InChI is InChI=1S/C22H27N5O2/c1-3-27(4-2)16-18-7-5-17(6-8-18)15-24-20(28)9-10-21-25-22(26-29-21)19-11-13-23-14-12-19/h5-8,11-14H,3-4,9-10,15-16H2,1-2H3,(H,24,28). The highest BCUT2D eigenvalue weighted by Gasteiger charge is 2.10. The summed E-state index contributed by atoms with van der Waals surface area (Å²) in [6.07, 6.45) is 4.06. The Balaban J connectivity index is 1.43. The highest BCUT2D eigenvalue weighted by atomic mass is 16.5. The summed E-state index contributed by atoms with van der Waals surface area (Å²) in [5.41, 5.74) is 3.20. The first-order valence-corrected chi connectivity index (χ1v) is 9.97. The van der Waals surface area contributed by atoms with Gasteiger partial charge >= 0.3 is 0 Å². The van der Waals surface area contributed by atoms with Gasteiger partial charge in [-0.1, -0.05) is 43.3 Å². The van der Waals surface area contributed by atoms with Gasteiger partial charge in [-0.25, -0.2) is 0 Å². The zero-order chi connectivity index (χ0) is 20.5. The maximum Gasteiger partial charge on any atom is 0.227 e. The molecule has 0 atom stereocenters. The third kappa shape index (κ3) is 6.22. The Morgan fingerprint density at radius 1 is 1.03 bits per heavy atom. The van der Waals surface area contributed by atoms with Gasteiger partial charge in [-0.05, 0) is 36.3 Å². The van der Waals surface area contributed by atoms with E-state index in [-0.39, 0.29) is 5.91 Å². The summed E-state index contributed by atoms with van der Waals surface area (Å²) in [6, 6.07) is 12.0. The number of aromatic nitrogens is 3. The van der Waals surface area contributed by atoms with Crippen LogP contribution >= 0.6 is 0 Å². The second-order valence-corrected chi connectivity index (χ2v) is 6.80. The molecule has 0 saturated heterocycles. The summed E-state index contributed by atoms with van der Waals surface area (Å²) < 4.78 is 5.23. The van der Waals surface area contributed by atoms with Crippen molar-refractivity contribution in [1.82, 2.24) is 25.3 Å². The van der Waals surface area contributed by atoms with Gasteiger partial charge in [0.15, 0.2) is 0 Å². The zero-order valence-corrected chi connectivity index (χ0v) is 17.0. The number of benzene rings is 1. The first kappa shape index (κ1) is 20.7. The largest absolute Gasteiger partial charge is 0.352 e. The normalized spacial score (nSPS) is 11.0. The van der Waals surface area contributed by atoms with Crippen LogP contribution in [0, 0.1) is 0 Å². The molecule has 29 heavy (non-hydrogen) atoms. The first-order chi connectivity index (χ1) is 14.2. The fourth-order valence-electron chi connectivity index (χ4n) is 2.95. The third-order valence-corrected chi connectivity index (χ3v) is 4.79. The summed E-state index contributed by atoms with van der Waals surface area (Å²) >= 11 is 0. The lowest BCUT2D eigenvalue weighted by molar-refractivity contribution is -0.121. The van der Waals surface area contributed by atoms with Crippen molar-refractivity contribution in [3.8, 4) is 11.4 Å². The lowest BCUT2D eigenvalue weighted by atomic mass is 10.1. The maximum atomic E-state index is 12.1. The predicted molar refractivity (Wildman–Crippen MR) is 111 cm³/mol. The fourth-order valence-corrected chi connectivity index (χ4v) is 2.95. The molecule has 2 aromatic heterocycles. The molecule has 0 fully saturated rings. The smallest absolute Gasteiger partial charge is 0.227 e. The van der Waals surface area contributed by atoms with Gasteiger partial charge < -0.3 is 9.84 Å². The van der Waals surface area contributed by atoms with E-state index < -0.39 is 0 Å². The van der Waals surface area contributed by atoms with Crippen LogP contribution in [-0.2, 0) is 24.3 Å². The SMILES string of the molecule is CCN(CC)Cc1ccc(CNC(=O)CCc2nc(-c3ccncc3)no2)cc1. The Morgan fingerprint density at radius 3 is 2.41 bits per heavy atom. The number of nitrogens with zero attached hydrogens (tertiary/aromatic N) is 4. The topological polar surface area (TPSA) is 84.2 Å². The number of carbonyl (C=O) groups excluding carboxylic acids is 1. The summed E-state index contributed by atoms with van der Waals surface area (Å²) in [4.78, 5) is 22.8. The predicted octanol–water partition coefficient (Wildman–Crippen LogP) is 3.22. The van der Waals surface area contributed by atoms with E-state index in [1.54, 1.807) is 12.4 Å². The lowest BCUT2D eigenvalue weighted by Crippen LogP contribution is -2.23. The van der Waals surface area contributed by atoms with Crippen molar-refractivity contribution in [2.45, 2.75) is 39.8 Å². The molecule has 7 heteroatoms. The first-order valence-electron chi connectivity index (χ1n) is 9.97. The molecule has 3 rings (SSSR count). The monoisotopic (exact) mass is 393 g/mol. The summed E-state index contributed by atoms with van der Waals surface area (Å²) in [5.74, 6) is 0.918. The number of rotatable bonds is 10. The molecule has 3 aromatic rings. The highest BCUT2D eigenvalue weighted by molar-refractivity contribution is 5.76. The van der Waals surface area contributed by atoms with Gasteiger partial charge in [-0.2, -0.15) is 4.98 Å². The Labute approximate surface area is 171 Å². The fraction of sp³-hybridized carbons (Fsp3) is 0.364. The zero-order valence-electron chi connectivity index (χ0n) is 17.0. The average Bonchev–Trinajstić information content (AvgIpc) is 3.25. The minimum atomic E-state index is -0.0409. The quantitative estimate of drug-likeness (QED) is 0.569. The maximum absolute atomic E-state index is 12.1. The van der Waals surface area contributed by atoms with E-state index in [0.717, 1.165) is 30.8 Å². The Bertz CT molecular complexity index is 889. The van der Waals surface area contributed by atoms with Crippen molar-refractivity contribution in [3.05, 3.63) is 65.8 Å². The Kier molecular flexibility index (Phi) is 7.47. The second kappa shape index (κ2) is 10.5. The van der Waals surface area contributed by atoms with E-state index >= 15 is 0 Å². The van der Waals surface area contributed by atoms with Crippen LogP contribution in [0.15, 0.2) is 53.3 Å². The van der Waals surface area contributed by atoms with E-state index in [0.29, 0.717) is 31.1 Å². The van der Waals surface area contributed by atoms with Crippen LogP contribution in [0.3, 0.4) is 0 Å². The van der Waals surface area contributed by atoms with Gasteiger partial charge in [0.1, 0.15) is 0 Å². The van der Waals surface area contributed by atoms with Crippen LogP contribution in [0.4, 0.5) is 0 Å². The molecule has 7 nitrogen and oxygen atoms in total. The minimum Gasteiger partial charge on any atom is -0.352 e. The molecule has 0 aliphatic rings. The second-order valence-electron chi connectivity index (χ2n) is 6.80. The molecule has 0 radical (unpaired) electrons. The van der Waals surface area contributed by atoms with E-state index in [1.165, 1.54) is 5.56 Å². The van der Waals surface area contributed by atoms with Gasteiger partial charge in [-0.15, -0.1) is 0 Å². The molecule has 1 amide bonds. The molecule has 0 spiro atoms. The number of pyridine rings is 1. The van der Waals surface area contributed by atoms with Crippen LogP contribution in [0.2, 0.25) is 0 Å². The van der Waals surface area contributed by atoms with Gasteiger partial charge in [0, 0.05) is 43.9 Å². The van der Waals surface area contributed by atoms with Crippen LogP contribution in [0.25, 0.3) is 11.4 Å². The minimum absolute atomic E-state index is 0.0409. The molecule has 0 bridgehead atoms. The summed E-state index contributed by atoms with van der Waals surface area (Å²) in [7, 11) is 0.